The minimum Gasteiger partial charge on any atom is -0.360 e. The number of aromatic nitrogens is 5. The zero-order chi connectivity index (χ0) is 31.5. The van der Waals surface area contributed by atoms with E-state index in [4.69, 9.17) is 39.5 Å². The van der Waals surface area contributed by atoms with Crippen LogP contribution in [0.25, 0.3) is 11.1 Å². The molecule has 0 aliphatic carbocycles. The van der Waals surface area contributed by atoms with Crippen molar-refractivity contribution in [2.24, 2.45) is 0 Å². The lowest BCUT2D eigenvalue weighted by molar-refractivity contribution is -0.121. The minimum absolute atomic E-state index is 0.0790. The number of hydrogen-bond donors (Lipinski definition) is 2. The maximum Gasteiger partial charge on any atom is 0.270 e. The van der Waals surface area contributed by atoms with E-state index in [0.29, 0.717) is 31.1 Å². The molecule has 0 saturated carbocycles. The summed E-state index contributed by atoms with van der Waals surface area (Å²) in [6, 6.07) is 6.07. The highest BCUT2D eigenvalue weighted by atomic mass is 35.5. The second kappa shape index (κ2) is 13.5. The molecule has 2 N–H and O–H groups in total. The van der Waals surface area contributed by atoms with E-state index in [1.165, 1.54) is 10.9 Å². The molecule has 1 atom stereocenters. The topological polar surface area (TPSA) is 116 Å². The van der Waals surface area contributed by atoms with Crippen LogP contribution in [0.3, 0.4) is 0 Å². The predicted octanol–water partition coefficient (Wildman–Crippen LogP) is 6.46. The highest BCUT2D eigenvalue weighted by molar-refractivity contribution is 6.76. The molecule has 0 bridgehead atoms. The molecule has 14 heteroatoms. The number of carbonyl (C=O) groups is 2. The van der Waals surface area contributed by atoms with Crippen molar-refractivity contribution >= 4 is 60.5 Å². The second-order valence-corrected chi connectivity index (χ2v) is 19.8. The summed E-state index contributed by atoms with van der Waals surface area (Å²) >= 11 is 19.2. The third kappa shape index (κ3) is 8.79. The van der Waals surface area contributed by atoms with Gasteiger partial charge in [-0.15, -0.1) is 23.2 Å². The molecule has 3 rings (SSSR count). The molecule has 3 aromatic rings. The normalized spacial score (nSPS) is 13.6. The van der Waals surface area contributed by atoms with Gasteiger partial charge in [-0.1, -0.05) is 31.2 Å². The molecule has 0 aliphatic rings. The van der Waals surface area contributed by atoms with E-state index < -0.39 is 29.8 Å². The number of carbonyl (C=O) groups excluding carboxylic acids is 2. The predicted molar refractivity (Wildman–Crippen MR) is 171 cm³/mol. The molecule has 0 radical (unpaired) electrons. The molecule has 42 heavy (non-hydrogen) atoms. The Labute approximate surface area is 263 Å². The number of amides is 2. The van der Waals surface area contributed by atoms with Crippen LogP contribution in [0.2, 0.25) is 30.8 Å². The Kier molecular flexibility index (Phi) is 10.9. The third-order valence-electron chi connectivity index (χ3n) is 6.75. The molecule has 2 amide bonds. The van der Waals surface area contributed by atoms with Gasteiger partial charge in [0.2, 0.25) is 0 Å². The average molecular weight is 657 g/mol. The molecule has 10 nitrogen and oxygen atoms in total. The first kappa shape index (κ1) is 34.1. The van der Waals surface area contributed by atoms with Gasteiger partial charge in [0.05, 0.1) is 5.69 Å². The smallest absolute Gasteiger partial charge is 0.270 e. The van der Waals surface area contributed by atoms with Crippen molar-refractivity contribution in [1.29, 1.82) is 0 Å². The molecule has 0 fully saturated rings. The SMILES string of the molecule is CCn1nccc1C(=O)N[C@@](C)(CC(C)(Cl)Cl)C(=O)Nc1ccc(-c2c(C)nn(COCC[Si](C)(C)C)c2C)c(Cl)n1. The van der Waals surface area contributed by atoms with Crippen molar-refractivity contribution in [3.8, 4) is 11.1 Å². The van der Waals surface area contributed by atoms with Crippen LogP contribution in [0, 0.1) is 13.8 Å². The zero-order valence-electron chi connectivity index (χ0n) is 25.4. The maximum absolute atomic E-state index is 13.6. The van der Waals surface area contributed by atoms with Crippen molar-refractivity contribution in [3.05, 3.63) is 46.6 Å². The summed E-state index contributed by atoms with van der Waals surface area (Å²) in [6.45, 7) is 17.3. The molecular formula is C28H40Cl3N7O3Si. The van der Waals surface area contributed by atoms with E-state index >= 15 is 0 Å². The number of alkyl halides is 2. The van der Waals surface area contributed by atoms with Crippen molar-refractivity contribution < 1.29 is 14.3 Å². The number of anilines is 1. The quantitative estimate of drug-likeness (QED) is 0.0945. The van der Waals surface area contributed by atoms with E-state index in [1.807, 2.05) is 25.5 Å². The van der Waals surface area contributed by atoms with Gasteiger partial charge in [-0.3, -0.25) is 14.3 Å². The summed E-state index contributed by atoms with van der Waals surface area (Å²) in [7, 11) is -1.19. The first-order chi connectivity index (χ1) is 19.4. The molecule has 0 aliphatic heterocycles. The lowest BCUT2D eigenvalue weighted by Gasteiger charge is -2.33. The second-order valence-electron chi connectivity index (χ2n) is 11.9. The lowest BCUT2D eigenvalue weighted by Crippen LogP contribution is -2.57. The molecule has 0 saturated heterocycles. The van der Waals surface area contributed by atoms with Gasteiger partial charge >= 0.3 is 0 Å². The Balaban J connectivity index is 1.80. The van der Waals surface area contributed by atoms with Crippen molar-refractivity contribution in [1.82, 2.24) is 29.9 Å². The van der Waals surface area contributed by atoms with Gasteiger partial charge in [0.25, 0.3) is 11.8 Å². The molecule has 0 aromatic carbocycles. The van der Waals surface area contributed by atoms with Crippen molar-refractivity contribution in [2.45, 2.75) is 89.9 Å². The summed E-state index contributed by atoms with van der Waals surface area (Å²) in [5.74, 6) is -0.840. The van der Waals surface area contributed by atoms with Gasteiger partial charge in [-0.05, 0) is 58.9 Å². The van der Waals surface area contributed by atoms with Gasteiger partial charge in [0.15, 0.2) is 0 Å². The first-order valence-electron chi connectivity index (χ1n) is 13.8. The molecule has 3 aromatic heterocycles. The summed E-state index contributed by atoms with van der Waals surface area (Å²) < 4.78 is 7.92. The number of rotatable bonds is 13. The van der Waals surface area contributed by atoms with Crippen LogP contribution in [-0.4, -0.2) is 60.9 Å². The van der Waals surface area contributed by atoms with Crippen LogP contribution >= 0.6 is 34.8 Å². The first-order valence-corrected chi connectivity index (χ1v) is 18.6. The number of halogens is 3. The zero-order valence-corrected chi connectivity index (χ0v) is 28.7. The highest BCUT2D eigenvalue weighted by Crippen LogP contribution is 2.34. The summed E-state index contributed by atoms with van der Waals surface area (Å²) in [5.41, 5.74) is 2.02. The standard InChI is InChI=1S/C28H40Cl3N7O3Si/c1-9-37-21(12-13-32-37)25(39)35-27(4,16-28(5,30)31)26(40)34-22-11-10-20(24(29)33-22)23-18(2)36-38(19(23)3)17-41-14-15-42(6,7)8/h10-13H,9,14-17H2,1-8H3,(H,35,39)(H,33,34,40)/t27-/m0/s1. The molecule has 230 valence electrons. The maximum atomic E-state index is 13.6. The van der Waals surface area contributed by atoms with Gasteiger partial charge < -0.3 is 15.4 Å². The monoisotopic (exact) mass is 655 g/mol. The van der Waals surface area contributed by atoms with Gasteiger partial charge in [0, 0.05) is 50.7 Å². The van der Waals surface area contributed by atoms with Gasteiger partial charge in [0.1, 0.15) is 33.3 Å². The van der Waals surface area contributed by atoms with E-state index in [2.05, 4.69) is 45.5 Å². The van der Waals surface area contributed by atoms with E-state index in [0.717, 1.165) is 23.0 Å². The Hall–Kier alpha value is -2.44. The Bertz CT molecular complexity index is 1430. The summed E-state index contributed by atoms with van der Waals surface area (Å²) in [5, 5.41) is 14.5. The summed E-state index contributed by atoms with van der Waals surface area (Å²) in [6.07, 6.45) is 1.44. The third-order valence-corrected chi connectivity index (χ3v) is 9.01. The number of ether oxygens (including phenoxy) is 1. The number of pyridine rings is 1. The van der Waals surface area contributed by atoms with Crippen molar-refractivity contribution in [3.63, 3.8) is 0 Å². The van der Waals surface area contributed by atoms with Gasteiger partial charge in [-0.2, -0.15) is 10.2 Å². The number of nitrogens with zero attached hydrogens (tertiary/aromatic N) is 5. The summed E-state index contributed by atoms with van der Waals surface area (Å²) in [4.78, 5) is 31.1. The van der Waals surface area contributed by atoms with Crippen LogP contribution < -0.4 is 10.6 Å². The molecular weight excluding hydrogens is 617 g/mol. The Morgan fingerprint density at radius 2 is 1.79 bits per heavy atom. The van der Waals surface area contributed by atoms with Crippen molar-refractivity contribution in [2.75, 3.05) is 11.9 Å². The lowest BCUT2D eigenvalue weighted by atomic mass is 9.94. The number of hydrogen-bond acceptors (Lipinski definition) is 6. The Morgan fingerprint density at radius 1 is 1.10 bits per heavy atom. The fraction of sp³-hybridized carbons (Fsp3) is 0.536. The van der Waals surface area contributed by atoms with Gasteiger partial charge in [-0.25, -0.2) is 9.67 Å². The average Bonchev–Trinajstić information content (AvgIpc) is 3.44. The minimum atomic E-state index is -1.49. The highest BCUT2D eigenvalue weighted by Gasteiger charge is 2.41. The fourth-order valence-electron chi connectivity index (χ4n) is 4.58. The molecule has 3 heterocycles. The van der Waals surface area contributed by atoms with Crippen LogP contribution in [0.1, 0.15) is 49.1 Å². The Morgan fingerprint density at radius 3 is 2.38 bits per heavy atom. The number of nitrogens with one attached hydrogen (secondary N) is 2. The van der Waals surface area contributed by atoms with E-state index in [9.17, 15) is 9.59 Å². The molecule has 0 unspecified atom stereocenters. The fourth-order valence-corrected chi connectivity index (χ4v) is 6.12. The van der Waals surface area contributed by atoms with Crippen LogP contribution in [0.4, 0.5) is 5.82 Å². The van der Waals surface area contributed by atoms with Crippen LogP contribution in [0.5, 0.6) is 0 Å². The van der Waals surface area contributed by atoms with E-state index in [1.54, 1.807) is 32.0 Å². The number of aryl methyl sites for hydroxylation is 2. The largest absolute Gasteiger partial charge is 0.360 e. The van der Waals surface area contributed by atoms with Crippen LogP contribution in [-0.2, 0) is 22.8 Å². The molecule has 0 spiro atoms. The van der Waals surface area contributed by atoms with Crippen LogP contribution in [0.15, 0.2) is 24.4 Å². The van der Waals surface area contributed by atoms with E-state index in [-0.39, 0.29) is 17.4 Å².